The van der Waals surface area contributed by atoms with Crippen molar-refractivity contribution in [3.05, 3.63) is 41.8 Å². The quantitative estimate of drug-likeness (QED) is 0.845. The van der Waals surface area contributed by atoms with Crippen LogP contribution < -0.4 is 14.7 Å². The largest absolute Gasteiger partial charge is 0.366 e. The summed E-state index contributed by atoms with van der Waals surface area (Å²) >= 11 is 0. The first kappa shape index (κ1) is 17.1. The van der Waals surface area contributed by atoms with Crippen molar-refractivity contribution in [1.29, 1.82) is 0 Å². The Morgan fingerprint density at radius 2 is 1.50 bits per heavy atom. The molecule has 2 aliphatic rings. The maximum Gasteiger partial charge on any atom is 0.227 e. The summed E-state index contributed by atoms with van der Waals surface area (Å²) in [5, 5.41) is 0. The van der Waals surface area contributed by atoms with Gasteiger partial charge in [-0.25, -0.2) is 9.37 Å². The molecule has 2 aromatic rings. The minimum atomic E-state index is -0.153. The lowest BCUT2D eigenvalue weighted by molar-refractivity contribution is 0.570. The lowest BCUT2D eigenvalue weighted by Crippen LogP contribution is -2.47. The van der Waals surface area contributed by atoms with Crippen LogP contribution in [0.4, 0.5) is 21.8 Å². The Hall–Kier alpha value is -2.37. The van der Waals surface area contributed by atoms with Gasteiger partial charge in [0.25, 0.3) is 0 Å². The molecule has 0 unspecified atom stereocenters. The second-order valence-electron chi connectivity index (χ2n) is 7.14. The Bertz CT molecular complexity index is 752. The van der Waals surface area contributed by atoms with E-state index < -0.39 is 0 Å². The van der Waals surface area contributed by atoms with E-state index in [0.717, 1.165) is 56.7 Å². The predicted octanol–water partition coefficient (Wildman–Crippen LogP) is 3.24. The first-order chi connectivity index (χ1) is 12.7. The first-order valence-electron chi connectivity index (χ1n) is 9.56. The normalized spacial score (nSPS) is 18.3. The van der Waals surface area contributed by atoms with Gasteiger partial charge in [-0.05, 0) is 38.3 Å². The van der Waals surface area contributed by atoms with Crippen LogP contribution in [0.2, 0.25) is 0 Å². The zero-order valence-corrected chi connectivity index (χ0v) is 15.4. The Morgan fingerprint density at radius 1 is 0.808 bits per heavy atom. The van der Waals surface area contributed by atoms with E-state index in [-0.39, 0.29) is 5.82 Å². The van der Waals surface area contributed by atoms with Gasteiger partial charge in [0.2, 0.25) is 5.95 Å². The van der Waals surface area contributed by atoms with Gasteiger partial charge in [0.15, 0.2) is 0 Å². The van der Waals surface area contributed by atoms with Crippen LogP contribution in [0.25, 0.3) is 0 Å². The zero-order chi connectivity index (χ0) is 17.9. The first-order valence-corrected chi connectivity index (χ1v) is 9.56. The van der Waals surface area contributed by atoms with E-state index in [2.05, 4.69) is 25.8 Å². The minimum absolute atomic E-state index is 0.153. The number of aromatic nitrogens is 2. The minimum Gasteiger partial charge on any atom is -0.366 e. The van der Waals surface area contributed by atoms with Crippen molar-refractivity contribution in [2.45, 2.75) is 26.2 Å². The van der Waals surface area contributed by atoms with Crippen molar-refractivity contribution >= 4 is 17.5 Å². The Morgan fingerprint density at radius 3 is 2.23 bits per heavy atom. The van der Waals surface area contributed by atoms with Crippen molar-refractivity contribution in [1.82, 2.24) is 9.97 Å². The van der Waals surface area contributed by atoms with E-state index in [1.165, 1.54) is 25.3 Å². The monoisotopic (exact) mass is 355 g/mol. The molecule has 4 rings (SSSR count). The molecule has 0 radical (unpaired) electrons. The molecule has 0 atom stereocenters. The molecule has 1 aromatic heterocycles. The van der Waals surface area contributed by atoms with Crippen LogP contribution in [0.1, 0.15) is 25.0 Å². The highest BCUT2D eigenvalue weighted by Crippen LogP contribution is 2.24. The molecule has 0 bridgehead atoms. The van der Waals surface area contributed by atoms with Crippen molar-refractivity contribution in [2.24, 2.45) is 0 Å². The Balaban J connectivity index is 1.47. The molecule has 138 valence electrons. The Kier molecular flexibility index (Phi) is 4.91. The molecule has 0 saturated carbocycles. The number of anilines is 3. The fourth-order valence-corrected chi connectivity index (χ4v) is 3.82. The van der Waals surface area contributed by atoms with E-state index in [0.29, 0.717) is 5.69 Å². The van der Waals surface area contributed by atoms with Crippen LogP contribution in [0.3, 0.4) is 0 Å². The van der Waals surface area contributed by atoms with Crippen molar-refractivity contribution in [3.8, 4) is 0 Å². The maximum atomic E-state index is 14.0. The van der Waals surface area contributed by atoms with Gasteiger partial charge >= 0.3 is 0 Å². The van der Waals surface area contributed by atoms with Gasteiger partial charge in [-0.1, -0.05) is 12.1 Å². The van der Waals surface area contributed by atoms with Crippen LogP contribution in [0.5, 0.6) is 0 Å². The molecule has 2 aliphatic heterocycles. The number of para-hydroxylation sites is 1. The van der Waals surface area contributed by atoms with Gasteiger partial charge in [-0.2, -0.15) is 4.98 Å². The van der Waals surface area contributed by atoms with Crippen LogP contribution in [-0.4, -0.2) is 49.2 Å². The standard InChI is InChI=1S/C20H26FN5/c1-16-15-19(25-9-5-2-6-10-25)23-20(22-16)26-13-11-24(12-14-26)18-8-4-3-7-17(18)21/h3-4,7-8,15H,2,5-6,9-14H2,1H3. The molecule has 3 heterocycles. The van der Waals surface area contributed by atoms with Gasteiger partial charge in [-0.3, -0.25) is 0 Å². The summed E-state index contributed by atoms with van der Waals surface area (Å²) in [5.74, 6) is 1.70. The molecule has 5 nitrogen and oxygen atoms in total. The van der Waals surface area contributed by atoms with Crippen molar-refractivity contribution < 1.29 is 4.39 Å². The van der Waals surface area contributed by atoms with Crippen LogP contribution in [0, 0.1) is 12.7 Å². The molecule has 2 saturated heterocycles. The SMILES string of the molecule is Cc1cc(N2CCCCC2)nc(N2CCN(c3ccccc3F)CC2)n1. The smallest absolute Gasteiger partial charge is 0.227 e. The number of benzene rings is 1. The zero-order valence-electron chi connectivity index (χ0n) is 15.4. The molecule has 2 fully saturated rings. The summed E-state index contributed by atoms with van der Waals surface area (Å²) in [6, 6.07) is 9.08. The lowest BCUT2D eigenvalue weighted by atomic mass is 10.1. The topological polar surface area (TPSA) is 35.5 Å². The third-order valence-corrected chi connectivity index (χ3v) is 5.26. The number of hydrogen-bond donors (Lipinski definition) is 0. The molecule has 26 heavy (non-hydrogen) atoms. The van der Waals surface area contributed by atoms with Gasteiger partial charge in [-0.15, -0.1) is 0 Å². The summed E-state index contributed by atoms with van der Waals surface area (Å²) in [4.78, 5) is 16.2. The Labute approximate surface area is 154 Å². The van der Waals surface area contributed by atoms with Gasteiger partial charge in [0.1, 0.15) is 11.6 Å². The third kappa shape index (κ3) is 3.59. The average molecular weight is 355 g/mol. The molecule has 1 aromatic carbocycles. The van der Waals surface area contributed by atoms with Gasteiger partial charge in [0, 0.05) is 51.0 Å². The number of nitrogens with zero attached hydrogens (tertiary/aromatic N) is 5. The fraction of sp³-hybridized carbons (Fsp3) is 0.500. The predicted molar refractivity (Wildman–Crippen MR) is 104 cm³/mol. The van der Waals surface area contributed by atoms with Crippen LogP contribution in [0.15, 0.2) is 30.3 Å². The van der Waals surface area contributed by atoms with E-state index in [1.807, 2.05) is 19.1 Å². The van der Waals surface area contributed by atoms with E-state index >= 15 is 0 Å². The molecular formula is C20H26FN5. The molecule has 0 aliphatic carbocycles. The third-order valence-electron chi connectivity index (χ3n) is 5.26. The van der Waals surface area contributed by atoms with Gasteiger partial charge < -0.3 is 14.7 Å². The highest BCUT2D eigenvalue weighted by atomic mass is 19.1. The second-order valence-corrected chi connectivity index (χ2v) is 7.14. The van der Waals surface area contributed by atoms with E-state index in [9.17, 15) is 4.39 Å². The highest BCUT2D eigenvalue weighted by Gasteiger charge is 2.22. The summed E-state index contributed by atoms with van der Waals surface area (Å²) in [6.45, 7) is 7.35. The molecule has 0 amide bonds. The number of halogens is 1. The second kappa shape index (κ2) is 7.48. The number of rotatable bonds is 3. The van der Waals surface area contributed by atoms with E-state index in [1.54, 1.807) is 6.07 Å². The summed E-state index contributed by atoms with van der Waals surface area (Å²) in [7, 11) is 0. The number of aryl methyl sites for hydroxylation is 1. The average Bonchev–Trinajstić information content (AvgIpc) is 2.69. The van der Waals surface area contributed by atoms with Gasteiger partial charge in [0.05, 0.1) is 5.69 Å². The van der Waals surface area contributed by atoms with Crippen molar-refractivity contribution in [2.75, 3.05) is 54.0 Å². The number of hydrogen-bond acceptors (Lipinski definition) is 5. The molecule has 0 N–H and O–H groups in total. The number of piperidine rings is 1. The van der Waals surface area contributed by atoms with Crippen molar-refractivity contribution in [3.63, 3.8) is 0 Å². The van der Waals surface area contributed by atoms with Crippen LogP contribution >= 0.6 is 0 Å². The summed E-state index contributed by atoms with van der Waals surface area (Å²) in [6.07, 6.45) is 3.78. The highest BCUT2D eigenvalue weighted by molar-refractivity contribution is 5.51. The molecule has 0 spiro atoms. The number of piperazine rings is 1. The fourth-order valence-electron chi connectivity index (χ4n) is 3.82. The lowest BCUT2D eigenvalue weighted by Gasteiger charge is -2.36. The molecule has 6 heteroatoms. The summed E-state index contributed by atoms with van der Waals surface area (Å²) in [5.41, 5.74) is 1.69. The summed E-state index contributed by atoms with van der Waals surface area (Å²) < 4.78 is 14.0. The van der Waals surface area contributed by atoms with Crippen LogP contribution in [-0.2, 0) is 0 Å². The van der Waals surface area contributed by atoms with E-state index in [4.69, 9.17) is 4.98 Å². The maximum absolute atomic E-state index is 14.0. The molecular weight excluding hydrogens is 329 g/mol.